The number of aliphatic carboxylic acids is 1. The molecule has 0 aliphatic carbocycles. The molecule has 1 aromatic carbocycles. The normalized spacial score (nSPS) is 24.4. The Bertz CT molecular complexity index is 494. The first-order chi connectivity index (χ1) is 8.90. The number of carboxylic acid groups (broad SMARTS) is 1. The van der Waals surface area contributed by atoms with Gasteiger partial charge in [-0.1, -0.05) is 11.6 Å². The third-order valence-electron chi connectivity index (χ3n) is 3.69. The first kappa shape index (κ1) is 14.3. The number of nitrogens with zero attached hydrogens (tertiary/aromatic N) is 1. The highest BCUT2D eigenvalue weighted by Gasteiger charge is 2.37. The fraction of sp³-hybridized carbons (Fsp3) is 0.500. The fourth-order valence-corrected chi connectivity index (χ4v) is 2.75. The molecule has 1 aliphatic heterocycles. The van der Waals surface area contributed by atoms with E-state index in [1.165, 1.54) is 12.1 Å². The summed E-state index contributed by atoms with van der Waals surface area (Å²) in [6.45, 7) is 3.37. The number of halogens is 2. The van der Waals surface area contributed by atoms with E-state index in [0.717, 1.165) is 13.0 Å². The zero-order valence-electron chi connectivity index (χ0n) is 10.8. The molecule has 5 heteroatoms. The summed E-state index contributed by atoms with van der Waals surface area (Å²) in [5, 5.41) is 9.75. The average molecular weight is 286 g/mol. The number of hydrogen-bond donors (Lipinski definition) is 1. The Morgan fingerprint density at radius 2 is 2.32 bits per heavy atom. The Hall–Kier alpha value is -1.13. The number of carboxylic acids is 1. The lowest BCUT2D eigenvalue weighted by atomic mass is 9.82. The van der Waals surface area contributed by atoms with E-state index >= 15 is 0 Å². The van der Waals surface area contributed by atoms with Crippen molar-refractivity contribution in [3.8, 4) is 0 Å². The molecule has 1 aromatic rings. The first-order valence-electron chi connectivity index (χ1n) is 6.30. The van der Waals surface area contributed by atoms with E-state index < -0.39 is 11.4 Å². The van der Waals surface area contributed by atoms with Gasteiger partial charge in [0.2, 0.25) is 0 Å². The third kappa shape index (κ3) is 3.25. The molecule has 3 nitrogen and oxygen atoms in total. The van der Waals surface area contributed by atoms with Crippen molar-refractivity contribution in [2.24, 2.45) is 5.41 Å². The maximum Gasteiger partial charge on any atom is 0.310 e. The van der Waals surface area contributed by atoms with E-state index in [2.05, 4.69) is 0 Å². The fourth-order valence-electron chi connectivity index (χ4n) is 2.56. The first-order valence-corrected chi connectivity index (χ1v) is 6.68. The van der Waals surface area contributed by atoms with Crippen LogP contribution in [0.2, 0.25) is 5.02 Å². The van der Waals surface area contributed by atoms with Crippen molar-refractivity contribution in [3.05, 3.63) is 34.6 Å². The van der Waals surface area contributed by atoms with Gasteiger partial charge in [0.25, 0.3) is 0 Å². The predicted molar refractivity (Wildman–Crippen MR) is 71.7 cm³/mol. The molecule has 0 spiro atoms. The predicted octanol–water partition coefficient (Wildman–Crippen LogP) is 3.17. The zero-order valence-corrected chi connectivity index (χ0v) is 11.6. The van der Waals surface area contributed by atoms with Crippen molar-refractivity contribution in [3.63, 3.8) is 0 Å². The van der Waals surface area contributed by atoms with Crippen molar-refractivity contribution < 1.29 is 14.3 Å². The number of carbonyl (C=O) groups is 1. The number of piperidine rings is 1. The summed E-state index contributed by atoms with van der Waals surface area (Å²) in [5.74, 6) is -1.09. The summed E-state index contributed by atoms with van der Waals surface area (Å²) < 4.78 is 13.7. The van der Waals surface area contributed by atoms with Gasteiger partial charge in [-0.2, -0.15) is 0 Å². The second-order valence-electron chi connectivity index (χ2n) is 5.42. The van der Waals surface area contributed by atoms with Gasteiger partial charge in [0, 0.05) is 23.7 Å². The number of rotatable bonds is 3. The van der Waals surface area contributed by atoms with E-state index in [4.69, 9.17) is 11.6 Å². The summed E-state index contributed by atoms with van der Waals surface area (Å²) in [6, 6.07) is 4.46. The minimum atomic E-state index is -0.788. The third-order valence-corrected chi connectivity index (χ3v) is 3.93. The minimum Gasteiger partial charge on any atom is -0.481 e. The molecule has 104 valence electrons. The van der Waals surface area contributed by atoms with E-state index in [1.807, 2.05) is 4.90 Å². The zero-order chi connectivity index (χ0) is 14.0. The maximum absolute atomic E-state index is 13.7. The summed E-state index contributed by atoms with van der Waals surface area (Å²) in [6.07, 6.45) is 1.47. The average Bonchev–Trinajstić information content (AvgIpc) is 2.34. The molecule has 0 radical (unpaired) electrons. The molecule has 1 fully saturated rings. The van der Waals surface area contributed by atoms with Gasteiger partial charge in [-0.15, -0.1) is 0 Å². The molecule has 2 rings (SSSR count). The summed E-state index contributed by atoms with van der Waals surface area (Å²) in [5.41, 5.74) is -0.227. The van der Waals surface area contributed by atoms with Crippen LogP contribution in [-0.4, -0.2) is 29.1 Å². The van der Waals surface area contributed by atoms with Crippen LogP contribution in [-0.2, 0) is 11.3 Å². The second-order valence-corrected chi connectivity index (χ2v) is 5.85. The van der Waals surface area contributed by atoms with Crippen LogP contribution in [0.25, 0.3) is 0 Å². The van der Waals surface area contributed by atoms with Gasteiger partial charge >= 0.3 is 5.97 Å². The lowest BCUT2D eigenvalue weighted by molar-refractivity contribution is -0.151. The monoisotopic (exact) mass is 285 g/mol. The van der Waals surface area contributed by atoms with Crippen LogP contribution in [0.15, 0.2) is 18.2 Å². The highest BCUT2D eigenvalue weighted by molar-refractivity contribution is 6.30. The second kappa shape index (κ2) is 5.47. The van der Waals surface area contributed by atoms with Gasteiger partial charge in [-0.25, -0.2) is 4.39 Å². The van der Waals surface area contributed by atoms with E-state index in [1.54, 1.807) is 13.0 Å². The molecule has 1 saturated heterocycles. The van der Waals surface area contributed by atoms with Crippen LogP contribution in [0.5, 0.6) is 0 Å². The highest BCUT2D eigenvalue weighted by atomic mass is 35.5. The molecule has 0 saturated carbocycles. The van der Waals surface area contributed by atoms with E-state index in [-0.39, 0.29) is 5.82 Å². The van der Waals surface area contributed by atoms with Crippen LogP contribution >= 0.6 is 11.6 Å². The molecular weight excluding hydrogens is 269 g/mol. The van der Waals surface area contributed by atoms with Gasteiger partial charge < -0.3 is 5.11 Å². The van der Waals surface area contributed by atoms with Gasteiger partial charge in [0.15, 0.2) is 0 Å². The standard InChI is InChI=1S/C14H17ClFNO2/c1-14(13(18)19)5-2-6-17(9-14)8-10-7-11(15)3-4-12(10)16/h3-4,7H,2,5-6,8-9H2,1H3,(H,18,19). The number of likely N-dealkylation sites (tertiary alicyclic amines) is 1. The molecule has 0 amide bonds. The van der Waals surface area contributed by atoms with Crippen molar-refractivity contribution >= 4 is 17.6 Å². The Labute approximate surface area is 117 Å². The smallest absolute Gasteiger partial charge is 0.310 e. The molecule has 19 heavy (non-hydrogen) atoms. The number of benzene rings is 1. The Morgan fingerprint density at radius 1 is 1.58 bits per heavy atom. The lowest BCUT2D eigenvalue weighted by Crippen LogP contribution is -2.45. The van der Waals surface area contributed by atoms with E-state index in [0.29, 0.717) is 30.1 Å². The van der Waals surface area contributed by atoms with Crippen molar-refractivity contribution in [2.75, 3.05) is 13.1 Å². The van der Waals surface area contributed by atoms with Crippen LogP contribution in [0.4, 0.5) is 4.39 Å². The quantitative estimate of drug-likeness (QED) is 0.927. The molecule has 0 aromatic heterocycles. The van der Waals surface area contributed by atoms with Crippen LogP contribution in [0.3, 0.4) is 0 Å². The largest absolute Gasteiger partial charge is 0.481 e. The van der Waals surface area contributed by atoms with Crippen molar-refractivity contribution in [1.82, 2.24) is 4.90 Å². The molecule has 1 heterocycles. The Kier molecular flexibility index (Phi) is 4.11. The SMILES string of the molecule is CC1(C(=O)O)CCCN(Cc2cc(Cl)ccc2F)C1. The Morgan fingerprint density at radius 3 is 3.00 bits per heavy atom. The number of hydrogen-bond acceptors (Lipinski definition) is 2. The van der Waals surface area contributed by atoms with Crippen LogP contribution < -0.4 is 0 Å². The molecular formula is C14H17ClFNO2. The maximum atomic E-state index is 13.7. The van der Waals surface area contributed by atoms with E-state index in [9.17, 15) is 14.3 Å². The lowest BCUT2D eigenvalue weighted by Gasteiger charge is -2.37. The summed E-state index contributed by atoms with van der Waals surface area (Å²) >= 11 is 5.86. The molecule has 1 N–H and O–H groups in total. The molecule has 1 atom stereocenters. The van der Waals surface area contributed by atoms with Gasteiger partial charge in [0.1, 0.15) is 5.82 Å². The van der Waals surface area contributed by atoms with Crippen LogP contribution in [0, 0.1) is 11.2 Å². The van der Waals surface area contributed by atoms with Crippen molar-refractivity contribution in [2.45, 2.75) is 26.3 Å². The minimum absolute atomic E-state index is 0.299. The van der Waals surface area contributed by atoms with Gasteiger partial charge in [0.05, 0.1) is 5.41 Å². The van der Waals surface area contributed by atoms with Crippen molar-refractivity contribution in [1.29, 1.82) is 0 Å². The summed E-state index contributed by atoms with van der Waals surface area (Å²) in [7, 11) is 0. The molecule has 0 bridgehead atoms. The molecule has 1 aliphatic rings. The summed E-state index contributed by atoms with van der Waals surface area (Å²) in [4.78, 5) is 13.3. The molecule has 1 unspecified atom stereocenters. The Balaban J connectivity index is 2.11. The highest BCUT2D eigenvalue weighted by Crippen LogP contribution is 2.31. The topological polar surface area (TPSA) is 40.5 Å². The van der Waals surface area contributed by atoms with Crippen LogP contribution in [0.1, 0.15) is 25.3 Å². The van der Waals surface area contributed by atoms with Gasteiger partial charge in [-0.3, -0.25) is 9.69 Å². The van der Waals surface area contributed by atoms with Gasteiger partial charge in [-0.05, 0) is 44.5 Å².